The van der Waals surface area contributed by atoms with Crippen LogP contribution in [0.1, 0.15) is 33.0 Å². The van der Waals surface area contributed by atoms with Crippen LogP contribution >= 0.6 is 0 Å². The van der Waals surface area contributed by atoms with Gasteiger partial charge in [0.25, 0.3) is 0 Å². The minimum Gasteiger partial charge on any atom is -0.393 e. The Labute approximate surface area is 108 Å². The number of nitrogens with one attached hydrogen (secondary N) is 2. The van der Waals surface area contributed by atoms with Gasteiger partial charge in [0.1, 0.15) is 5.82 Å². The van der Waals surface area contributed by atoms with Crippen LogP contribution in [0.25, 0.3) is 0 Å². The number of anilines is 1. The molecule has 0 spiro atoms. The van der Waals surface area contributed by atoms with Crippen molar-refractivity contribution in [2.75, 3.05) is 18.0 Å². The third-order valence-electron chi connectivity index (χ3n) is 3.16. The summed E-state index contributed by atoms with van der Waals surface area (Å²) in [4.78, 5) is 6.70. The monoisotopic (exact) mass is 253 g/mol. The van der Waals surface area contributed by atoms with E-state index in [-0.39, 0.29) is 6.10 Å². The summed E-state index contributed by atoms with van der Waals surface area (Å²) in [5.74, 6) is 1.63. The predicted octanol–water partition coefficient (Wildman–Crippen LogP) is 0.305. The van der Waals surface area contributed by atoms with Gasteiger partial charge in [-0.3, -0.25) is 5.10 Å². The predicted molar refractivity (Wildman–Crippen MR) is 70.7 cm³/mol. The summed E-state index contributed by atoms with van der Waals surface area (Å²) in [5.41, 5.74) is 0. The lowest BCUT2D eigenvalue weighted by Crippen LogP contribution is -2.54. The highest BCUT2D eigenvalue weighted by molar-refractivity contribution is 5.30. The average molecular weight is 253 g/mol. The van der Waals surface area contributed by atoms with Crippen LogP contribution < -0.4 is 10.2 Å². The Morgan fingerprint density at radius 1 is 1.39 bits per heavy atom. The molecule has 1 aliphatic rings. The van der Waals surface area contributed by atoms with E-state index in [2.05, 4.69) is 39.2 Å². The molecule has 0 amide bonds. The molecule has 18 heavy (non-hydrogen) atoms. The average Bonchev–Trinajstić information content (AvgIpc) is 2.73. The zero-order valence-corrected chi connectivity index (χ0v) is 11.3. The third-order valence-corrected chi connectivity index (χ3v) is 3.16. The molecule has 3 atom stereocenters. The minimum atomic E-state index is -0.294. The van der Waals surface area contributed by atoms with E-state index in [1.165, 1.54) is 0 Å². The molecule has 1 aromatic heterocycles. The highest BCUT2D eigenvalue weighted by Gasteiger charge is 2.23. The van der Waals surface area contributed by atoms with E-state index in [1.807, 2.05) is 0 Å². The molecule has 1 aromatic rings. The number of aryl methyl sites for hydroxylation is 1. The van der Waals surface area contributed by atoms with Crippen LogP contribution in [-0.2, 0) is 6.42 Å². The van der Waals surface area contributed by atoms with Crippen molar-refractivity contribution in [3.8, 4) is 0 Å². The Bertz CT molecular complexity index is 368. The zero-order valence-electron chi connectivity index (χ0n) is 11.3. The van der Waals surface area contributed by atoms with Crippen LogP contribution in [0, 0.1) is 0 Å². The summed E-state index contributed by atoms with van der Waals surface area (Å²) in [6.07, 6.45) is 1.16. The number of nitrogens with zero attached hydrogens (tertiary/aromatic N) is 3. The van der Waals surface area contributed by atoms with Gasteiger partial charge in [0, 0.05) is 31.6 Å². The van der Waals surface area contributed by atoms with E-state index < -0.39 is 0 Å². The second-order valence-electron chi connectivity index (χ2n) is 5.34. The second kappa shape index (κ2) is 5.67. The molecule has 1 fully saturated rings. The van der Waals surface area contributed by atoms with Crippen molar-refractivity contribution in [2.45, 2.75) is 51.8 Å². The molecule has 6 heteroatoms. The van der Waals surface area contributed by atoms with Crippen LogP contribution in [0.2, 0.25) is 0 Å². The lowest BCUT2D eigenvalue weighted by Gasteiger charge is -2.35. The van der Waals surface area contributed by atoms with Gasteiger partial charge in [-0.2, -0.15) is 4.98 Å². The number of piperazine rings is 1. The van der Waals surface area contributed by atoms with Gasteiger partial charge in [-0.05, 0) is 27.2 Å². The van der Waals surface area contributed by atoms with Gasteiger partial charge in [0.2, 0.25) is 5.95 Å². The Morgan fingerprint density at radius 2 is 2.06 bits per heavy atom. The molecule has 3 N–H and O–H groups in total. The Morgan fingerprint density at radius 3 is 2.67 bits per heavy atom. The van der Waals surface area contributed by atoms with E-state index in [0.717, 1.165) is 31.3 Å². The molecule has 0 saturated carbocycles. The molecular formula is C12H23N5O. The largest absolute Gasteiger partial charge is 0.393 e. The fourth-order valence-electron chi connectivity index (χ4n) is 2.37. The molecule has 3 unspecified atom stereocenters. The Hall–Kier alpha value is -1.14. The maximum Gasteiger partial charge on any atom is 0.244 e. The first-order valence-electron chi connectivity index (χ1n) is 6.65. The van der Waals surface area contributed by atoms with Crippen molar-refractivity contribution < 1.29 is 5.11 Å². The first-order chi connectivity index (χ1) is 8.54. The van der Waals surface area contributed by atoms with E-state index >= 15 is 0 Å². The van der Waals surface area contributed by atoms with Crippen molar-refractivity contribution in [1.82, 2.24) is 20.5 Å². The van der Waals surface area contributed by atoms with Gasteiger partial charge in [0.15, 0.2) is 0 Å². The van der Waals surface area contributed by atoms with Crippen molar-refractivity contribution in [3.05, 3.63) is 5.82 Å². The van der Waals surface area contributed by atoms with Crippen molar-refractivity contribution in [3.63, 3.8) is 0 Å². The molecule has 102 valence electrons. The topological polar surface area (TPSA) is 77.1 Å². The Balaban J connectivity index is 1.96. The SMILES string of the molecule is CC(O)CCc1nc(N2CC(C)NC(C)C2)n[nH]1. The molecule has 0 aliphatic carbocycles. The molecule has 2 rings (SSSR count). The highest BCUT2D eigenvalue weighted by Crippen LogP contribution is 2.13. The Kier molecular flexibility index (Phi) is 4.19. The van der Waals surface area contributed by atoms with Crippen LogP contribution in [0.4, 0.5) is 5.95 Å². The van der Waals surface area contributed by atoms with Crippen LogP contribution in [0.5, 0.6) is 0 Å². The van der Waals surface area contributed by atoms with E-state index in [1.54, 1.807) is 6.92 Å². The van der Waals surface area contributed by atoms with Crippen LogP contribution in [-0.4, -0.2) is 51.6 Å². The molecule has 0 aromatic carbocycles. The van der Waals surface area contributed by atoms with Gasteiger partial charge < -0.3 is 15.3 Å². The summed E-state index contributed by atoms with van der Waals surface area (Å²) in [6.45, 7) is 7.99. The number of aliphatic hydroxyl groups is 1. The second-order valence-corrected chi connectivity index (χ2v) is 5.34. The van der Waals surface area contributed by atoms with Gasteiger partial charge in [-0.25, -0.2) is 0 Å². The molecule has 0 radical (unpaired) electrons. The number of aromatic nitrogens is 3. The first kappa shape index (κ1) is 13.3. The van der Waals surface area contributed by atoms with E-state index in [0.29, 0.717) is 18.5 Å². The lowest BCUT2D eigenvalue weighted by molar-refractivity contribution is 0.184. The lowest BCUT2D eigenvalue weighted by atomic mass is 10.1. The summed E-state index contributed by atoms with van der Waals surface area (Å²) in [5, 5.41) is 20.0. The van der Waals surface area contributed by atoms with E-state index in [4.69, 9.17) is 0 Å². The molecule has 1 saturated heterocycles. The van der Waals surface area contributed by atoms with Gasteiger partial charge in [-0.15, -0.1) is 5.10 Å². The number of aliphatic hydroxyl groups excluding tert-OH is 1. The highest BCUT2D eigenvalue weighted by atomic mass is 16.3. The van der Waals surface area contributed by atoms with Gasteiger partial charge in [-0.1, -0.05) is 0 Å². The van der Waals surface area contributed by atoms with Gasteiger partial charge >= 0.3 is 0 Å². The first-order valence-corrected chi connectivity index (χ1v) is 6.65. The minimum absolute atomic E-state index is 0.294. The molecule has 2 heterocycles. The van der Waals surface area contributed by atoms with E-state index in [9.17, 15) is 5.11 Å². The fourth-order valence-corrected chi connectivity index (χ4v) is 2.37. The summed E-state index contributed by atoms with van der Waals surface area (Å²) in [7, 11) is 0. The maximum absolute atomic E-state index is 9.26. The van der Waals surface area contributed by atoms with Crippen LogP contribution in [0.15, 0.2) is 0 Å². The number of hydrogen-bond donors (Lipinski definition) is 3. The van der Waals surface area contributed by atoms with Crippen molar-refractivity contribution in [1.29, 1.82) is 0 Å². The maximum atomic E-state index is 9.26. The molecule has 1 aliphatic heterocycles. The number of H-pyrrole nitrogens is 1. The quantitative estimate of drug-likeness (QED) is 0.719. The van der Waals surface area contributed by atoms with Crippen molar-refractivity contribution in [2.24, 2.45) is 0 Å². The van der Waals surface area contributed by atoms with Gasteiger partial charge in [0.05, 0.1) is 6.10 Å². The standard InChI is InChI=1S/C12H23N5O/c1-8-6-17(7-9(2)13-8)12-14-11(15-16-12)5-4-10(3)18/h8-10,13,18H,4-7H2,1-3H3,(H,14,15,16). The smallest absolute Gasteiger partial charge is 0.244 e. The summed E-state index contributed by atoms with van der Waals surface area (Å²) < 4.78 is 0. The summed E-state index contributed by atoms with van der Waals surface area (Å²) >= 11 is 0. The van der Waals surface area contributed by atoms with Crippen molar-refractivity contribution >= 4 is 5.95 Å². The third kappa shape index (κ3) is 3.43. The van der Waals surface area contributed by atoms with Crippen LogP contribution in [0.3, 0.4) is 0 Å². The number of aromatic amines is 1. The molecular weight excluding hydrogens is 230 g/mol. The molecule has 0 bridgehead atoms. The number of rotatable bonds is 4. The number of hydrogen-bond acceptors (Lipinski definition) is 5. The zero-order chi connectivity index (χ0) is 13.1. The fraction of sp³-hybridized carbons (Fsp3) is 0.833. The normalized spacial score (nSPS) is 26.3. The molecule has 6 nitrogen and oxygen atoms in total. The summed E-state index contributed by atoms with van der Waals surface area (Å²) in [6, 6.07) is 0.904.